The zero-order chi connectivity index (χ0) is 45.4. The molecule has 340 valence electrons. The standard InChI is InChI=1S/C38H59ClN10O12/c39-33-35(41)47-34(40)28(46-33)37(61)48-38(43)45-9-2-1-4-19-5-7-22-13-20(6-8-21(22)12-19)14-23(36(42)60)44-10-3-11-49(15-24(52)29(56)31(58)26(54)17-50)16-25(53)30(57)32(59)27(55)18-51/h5-8,12-13,23-27,29-32,44,50-59H,1-4,9-11,14-18H2,(H2,42,60)(H4,40,41,47)(H3,43,45,48,61). The van der Waals surface area contributed by atoms with Gasteiger partial charge >= 0.3 is 0 Å². The second-order valence-corrected chi connectivity index (χ2v) is 15.0. The number of unbranched alkanes of at least 4 members (excludes halogenated alkanes) is 1. The fraction of sp³-hybridized carbons (Fsp3) is 0.553. The lowest BCUT2D eigenvalue weighted by Crippen LogP contribution is -2.53. The molecule has 3 rings (SSSR count). The number of halogens is 1. The normalized spacial score (nSPS) is 16.3. The van der Waals surface area contributed by atoms with E-state index in [0.717, 1.165) is 34.7 Å². The summed E-state index contributed by atoms with van der Waals surface area (Å²) in [6.07, 6.45) is -11.8. The van der Waals surface area contributed by atoms with Gasteiger partial charge in [-0.1, -0.05) is 48.0 Å². The van der Waals surface area contributed by atoms with Crippen molar-refractivity contribution >= 4 is 51.8 Å². The quantitative estimate of drug-likeness (QED) is 0.0204. The molecule has 9 unspecified atom stereocenters. The number of carbonyl (C=O) groups excluding carboxylic acids is 2. The Morgan fingerprint density at radius 3 is 1.84 bits per heavy atom. The number of rotatable bonds is 26. The minimum atomic E-state index is -1.92. The number of nitrogen functional groups attached to an aromatic ring is 2. The lowest BCUT2D eigenvalue weighted by atomic mass is 9.98. The van der Waals surface area contributed by atoms with Gasteiger partial charge in [0.25, 0.3) is 5.91 Å². The number of aliphatic hydroxyl groups is 10. The van der Waals surface area contributed by atoms with E-state index in [9.17, 15) is 50.4 Å². The Balaban J connectivity index is 1.52. The van der Waals surface area contributed by atoms with E-state index in [2.05, 4.69) is 32.0 Å². The fourth-order valence-electron chi connectivity index (χ4n) is 6.34. The van der Waals surface area contributed by atoms with E-state index in [1.807, 2.05) is 30.3 Å². The van der Waals surface area contributed by atoms with Crippen molar-refractivity contribution in [1.29, 1.82) is 5.41 Å². The zero-order valence-corrected chi connectivity index (χ0v) is 34.1. The molecule has 2 amide bonds. The third kappa shape index (κ3) is 15.8. The number of nitrogens with one attached hydrogen (secondary N) is 4. The number of aryl methyl sites for hydroxylation is 1. The summed E-state index contributed by atoms with van der Waals surface area (Å²) < 4.78 is 0. The van der Waals surface area contributed by atoms with Crippen LogP contribution in [-0.2, 0) is 17.6 Å². The summed E-state index contributed by atoms with van der Waals surface area (Å²) in [5, 5.41) is 117. The van der Waals surface area contributed by atoms with Crippen LogP contribution in [0.5, 0.6) is 0 Å². The summed E-state index contributed by atoms with van der Waals surface area (Å²) in [6, 6.07) is 11.0. The van der Waals surface area contributed by atoms with E-state index in [0.29, 0.717) is 13.0 Å². The molecule has 20 N–H and O–H groups in total. The molecule has 0 spiro atoms. The minimum absolute atomic E-state index is 0.0629. The highest BCUT2D eigenvalue weighted by atomic mass is 35.5. The van der Waals surface area contributed by atoms with Crippen molar-refractivity contribution in [2.24, 2.45) is 5.73 Å². The maximum absolute atomic E-state index is 12.4. The van der Waals surface area contributed by atoms with Crippen molar-refractivity contribution in [3.63, 3.8) is 0 Å². The number of amides is 2. The van der Waals surface area contributed by atoms with E-state index in [1.54, 1.807) is 0 Å². The third-order valence-electron chi connectivity index (χ3n) is 9.89. The van der Waals surface area contributed by atoms with Crippen LogP contribution in [0.4, 0.5) is 11.6 Å². The molecule has 0 saturated heterocycles. The van der Waals surface area contributed by atoms with Crippen LogP contribution in [0.2, 0.25) is 5.15 Å². The number of carbonyl (C=O) groups is 2. The Hall–Kier alpha value is -4.40. The van der Waals surface area contributed by atoms with Crippen LogP contribution in [-0.4, -0.2) is 185 Å². The van der Waals surface area contributed by atoms with Gasteiger partial charge in [0.2, 0.25) is 5.91 Å². The van der Waals surface area contributed by atoms with E-state index in [4.69, 9.17) is 44.4 Å². The van der Waals surface area contributed by atoms with Gasteiger partial charge in [-0.05, 0) is 67.1 Å². The van der Waals surface area contributed by atoms with Gasteiger partial charge < -0.3 is 78.9 Å². The molecular formula is C38H59ClN10O12. The number of guanidine groups is 1. The Kier molecular flexibility index (Phi) is 20.8. The van der Waals surface area contributed by atoms with Crippen LogP contribution in [0, 0.1) is 5.41 Å². The van der Waals surface area contributed by atoms with Gasteiger partial charge in [0.05, 0.1) is 31.5 Å². The van der Waals surface area contributed by atoms with Crippen molar-refractivity contribution in [2.45, 2.75) is 87.0 Å². The maximum atomic E-state index is 12.4. The van der Waals surface area contributed by atoms with Gasteiger partial charge in [0.1, 0.15) is 36.6 Å². The molecule has 2 aromatic carbocycles. The Labute approximate surface area is 356 Å². The second-order valence-electron chi connectivity index (χ2n) is 14.7. The first-order valence-corrected chi connectivity index (χ1v) is 19.9. The number of fused-ring (bicyclic) bond motifs is 1. The van der Waals surface area contributed by atoms with Gasteiger partial charge in [-0.15, -0.1) is 0 Å². The van der Waals surface area contributed by atoms with Gasteiger partial charge in [0, 0.05) is 19.6 Å². The van der Waals surface area contributed by atoms with Crippen LogP contribution in [0.3, 0.4) is 0 Å². The Bertz CT molecular complexity index is 1860. The predicted octanol–water partition coefficient (Wildman–Crippen LogP) is -4.73. The highest BCUT2D eigenvalue weighted by Gasteiger charge is 2.34. The highest BCUT2D eigenvalue weighted by Crippen LogP contribution is 2.21. The van der Waals surface area contributed by atoms with Crippen LogP contribution >= 0.6 is 11.6 Å². The number of nitrogens with two attached hydrogens (primary N) is 3. The summed E-state index contributed by atoms with van der Waals surface area (Å²) in [5.74, 6) is -1.94. The van der Waals surface area contributed by atoms with Crippen molar-refractivity contribution in [2.75, 3.05) is 57.4 Å². The molecule has 0 aliphatic carbocycles. The largest absolute Gasteiger partial charge is 0.394 e. The van der Waals surface area contributed by atoms with Crippen molar-refractivity contribution in [1.82, 2.24) is 30.8 Å². The predicted molar refractivity (Wildman–Crippen MR) is 224 cm³/mol. The third-order valence-corrected chi connectivity index (χ3v) is 10.2. The molecule has 1 aromatic heterocycles. The van der Waals surface area contributed by atoms with Crippen LogP contribution in [0.15, 0.2) is 36.4 Å². The number of aromatic nitrogens is 2. The van der Waals surface area contributed by atoms with Gasteiger partial charge in [0.15, 0.2) is 28.4 Å². The number of hydrogen-bond acceptors (Lipinski definition) is 19. The highest BCUT2D eigenvalue weighted by molar-refractivity contribution is 6.31. The van der Waals surface area contributed by atoms with Gasteiger partial charge in [-0.3, -0.25) is 25.2 Å². The van der Waals surface area contributed by atoms with E-state index < -0.39 is 93.0 Å². The average Bonchev–Trinajstić information content (AvgIpc) is 3.23. The lowest BCUT2D eigenvalue weighted by molar-refractivity contribution is -0.130. The van der Waals surface area contributed by atoms with Crippen LogP contribution in [0.25, 0.3) is 10.8 Å². The van der Waals surface area contributed by atoms with E-state index in [1.165, 1.54) is 4.90 Å². The molecule has 3 aromatic rings. The molecule has 0 aliphatic rings. The fourth-order valence-corrected chi connectivity index (χ4v) is 6.46. The molecule has 0 bridgehead atoms. The first-order valence-electron chi connectivity index (χ1n) is 19.5. The Morgan fingerprint density at radius 1 is 0.738 bits per heavy atom. The number of primary amides is 1. The van der Waals surface area contributed by atoms with Crippen molar-refractivity contribution in [3.8, 4) is 0 Å². The summed E-state index contributed by atoms with van der Waals surface area (Å²) in [5.41, 5.74) is 18.6. The van der Waals surface area contributed by atoms with Crippen molar-refractivity contribution < 1.29 is 60.7 Å². The van der Waals surface area contributed by atoms with Crippen LogP contribution in [0.1, 0.15) is 40.9 Å². The van der Waals surface area contributed by atoms with E-state index in [-0.39, 0.29) is 54.4 Å². The summed E-state index contributed by atoms with van der Waals surface area (Å²) in [7, 11) is 0. The zero-order valence-electron chi connectivity index (χ0n) is 33.4. The molecule has 0 radical (unpaired) electrons. The molecular weight excluding hydrogens is 824 g/mol. The van der Waals surface area contributed by atoms with Gasteiger partial charge in [-0.25, -0.2) is 9.97 Å². The number of aliphatic hydroxyl groups excluding tert-OH is 10. The first kappa shape index (κ1) is 51.0. The van der Waals surface area contributed by atoms with Crippen molar-refractivity contribution in [3.05, 3.63) is 58.4 Å². The number of anilines is 2. The topological polar surface area (TPSA) is 403 Å². The average molecular weight is 883 g/mol. The molecule has 0 fully saturated rings. The summed E-state index contributed by atoms with van der Waals surface area (Å²) >= 11 is 5.82. The Morgan fingerprint density at radius 2 is 1.28 bits per heavy atom. The summed E-state index contributed by atoms with van der Waals surface area (Å²) in [6.45, 7) is -1.94. The molecule has 0 aliphatic heterocycles. The molecule has 0 saturated carbocycles. The summed E-state index contributed by atoms with van der Waals surface area (Å²) in [4.78, 5) is 33.8. The number of nitrogens with zero attached hydrogens (tertiary/aromatic N) is 3. The number of hydrogen-bond donors (Lipinski definition) is 17. The second kappa shape index (κ2) is 24.9. The number of benzene rings is 2. The van der Waals surface area contributed by atoms with E-state index >= 15 is 0 Å². The smallest absolute Gasteiger partial charge is 0.280 e. The molecule has 23 heteroatoms. The van der Waals surface area contributed by atoms with Gasteiger partial charge in [-0.2, -0.15) is 0 Å². The minimum Gasteiger partial charge on any atom is -0.394 e. The molecule has 61 heavy (non-hydrogen) atoms. The molecule has 9 atom stereocenters. The monoisotopic (exact) mass is 882 g/mol. The SMILES string of the molecule is N=C(NCCCCc1ccc2cc(CC(NCCCN(CC(O)C(O)C(O)C(O)CO)CC(O)C(O)C(O)C(O)CO)C(N)=O)ccc2c1)NC(=O)c1nc(Cl)c(N)nc1N. The lowest BCUT2D eigenvalue weighted by Gasteiger charge is -2.33. The first-order chi connectivity index (χ1) is 28.9. The molecule has 1 heterocycles. The molecule has 22 nitrogen and oxygen atoms in total. The van der Waals surface area contributed by atoms with Crippen LogP contribution < -0.4 is 33.2 Å². The maximum Gasteiger partial charge on any atom is 0.280 e.